The summed E-state index contributed by atoms with van der Waals surface area (Å²) in [6.07, 6.45) is 0.140. The minimum absolute atomic E-state index is 0.0404. The molecule has 1 aliphatic heterocycles. The van der Waals surface area contributed by atoms with Crippen molar-refractivity contribution in [3.8, 4) is 0 Å². The largest absolute Gasteiger partial charge is 0.320 e. The third-order valence-corrected chi connectivity index (χ3v) is 4.87. The van der Waals surface area contributed by atoms with Crippen molar-refractivity contribution in [3.05, 3.63) is 65.2 Å². The molecule has 0 fully saturated rings. The van der Waals surface area contributed by atoms with Gasteiger partial charge in [0, 0.05) is 30.4 Å². The van der Waals surface area contributed by atoms with Crippen LogP contribution in [0.1, 0.15) is 29.5 Å². The third kappa shape index (κ3) is 3.93. The number of aliphatic imine (C=N–C) groups is 1. The molecule has 2 amide bonds. The number of ketones is 2. The highest BCUT2D eigenvalue weighted by molar-refractivity contribution is 6.54. The van der Waals surface area contributed by atoms with Gasteiger partial charge in [0.25, 0.3) is 5.91 Å². The molecule has 0 saturated heterocycles. The van der Waals surface area contributed by atoms with Crippen molar-refractivity contribution in [2.24, 2.45) is 10.1 Å². The number of fused-ring (bicyclic) bond motifs is 2. The van der Waals surface area contributed by atoms with Crippen LogP contribution in [0.15, 0.2) is 58.6 Å². The van der Waals surface area contributed by atoms with Gasteiger partial charge >= 0.3 is 0 Å². The maximum atomic E-state index is 12.1. The summed E-state index contributed by atoms with van der Waals surface area (Å²) in [6.45, 7) is -0.190. The monoisotopic (exact) mass is 402 g/mol. The molecule has 4 rings (SSSR count). The van der Waals surface area contributed by atoms with Crippen LogP contribution in [0.5, 0.6) is 0 Å². The van der Waals surface area contributed by atoms with E-state index in [1.165, 1.54) is 0 Å². The molecule has 8 nitrogen and oxygen atoms in total. The molecule has 0 radical (unpaired) electrons. The maximum Gasteiger partial charge on any atom is 0.274 e. The lowest BCUT2D eigenvalue weighted by Crippen LogP contribution is -2.23. The van der Waals surface area contributed by atoms with Crippen LogP contribution < -0.4 is 10.7 Å². The molecule has 1 heterocycles. The zero-order valence-corrected chi connectivity index (χ0v) is 16.0. The lowest BCUT2D eigenvalue weighted by molar-refractivity contribution is -0.124. The van der Waals surface area contributed by atoms with Crippen LogP contribution in [0.4, 0.5) is 5.69 Å². The number of amides is 2. The van der Waals surface area contributed by atoms with E-state index in [-0.39, 0.29) is 54.7 Å². The number of hydrazone groups is 1. The predicted molar refractivity (Wildman–Crippen MR) is 111 cm³/mol. The second-order valence-corrected chi connectivity index (χ2v) is 6.96. The van der Waals surface area contributed by atoms with Gasteiger partial charge in [0.15, 0.2) is 11.6 Å². The minimum Gasteiger partial charge on any atom is -0.320 e. The summed E-state index contributed by atoms with van der Waals surface area (Å²) in [7, 11) is 0. The second-order valence-electron chi connectivity index (χ2n) is 6.96. The fraction of sp³-hybridized carbons (Fsp3) is 0.182. The molecule has 1 aliphatic carbocycles. The van der Waals surface area contributed by atoms with Crippen molar-refractivity contribution < 1.29 is 19.2 Å². The SMILES string of the molecule is O=C(CCC(=O)N/N=C1/C(=O)Cc2ccccc21)C/N=C1/C(=O)Nc2ccccc21. The molecule has 0 saturated carbocycles. The Bertz CT molecular complexity index is 1040. The van der Waals surface area contributed by atoms with Crippen molar-refractivity contribution in [1.29, 1.82) is 0 Å². The van der Waals surface area contributed by atoms with Gasteiger partial charge in [0.2, 0.25) is 5.91 Å². The van der Waals surface area contributed by atoms with Gasteiger partial charge in [-0.1, -0.05) is 42.5 Å². The fourth-order valence-electron chi connectivity index (χ4n) is 3.37. The Kier molecular flexibility index (Phi) is 5.30. The minimum atomic E-state index is -0.468. The summed E-state index contributed by atoms with van der Waals surface area (Å²) in [5.74, 6) is -1.24. The summed E-state index contributed by atoms with van der Waals surface area (Å²) >= 11 is 0. The van der Waals surface area contributed by atoms with E-state index in [1.54, 1.807) is 36.4 Å². The molecule has 8 heteroatoms. The van der Waals surface area contributed by atoms with Gasteiger partial charge in [0.05, 0.1) is 12.2 Å². The van der Waals surface area contributed by atoms with Gasteiger partial charge in [0.1, 0.15) is 11.4 Å². The number of nitrogens with one attached hydrogen (secondary N) is 2. The molecule has 0 atom stereocenters. The second kappa shape index (κ2) is 8.20. The lowest BCUT2D eigenvalue weighted by atomic mass is 10.1. The molecule has 0 spiro atoms. The average molecular weight is 402 g/mol. The Balaban J connectivity index is 1.30. The first-order valence-electron chi connectivity index (χ1n) is 9.48. The Labute approximate surface area is 172 Å². The van der Waals surface area contributed by atoms with Gasteiger partial charge in [-0.15, -0.1) is 0 Å². The molecule has 2 aromatic carbocycles. The van der Waals surface area contributed by atoms with Crippen molar-refractivity contribution in [1.82, 2.24) is 5.43 Å². The first-order valence-corrected chi connectivity index (χ1v) is 9.48. The number of benzene rings is 2. The van der Waals surface area contributed by atoms with E-state index in [0.29, 0.717) is 16.8 Å². The van der Waals surface area contributed by atoms with E-state index in [1.807, 2.05) is 12.1 Å². The van der Waals surface area contributed by atoms with E-state index in [4.69, 9.17) is 0 Å². The quantitative estimate of drug-likeness (QED) is 0.711. The lowest BCUT2D eigenvalue weighted by Gasteiger charge is -2.02. The van der Waals surface area contributed by atoms with Gasteiger partial charge < -0.3 is 5.32 Å². The predicted octanol–water partition coefficient (Wildman–Crippen LogP) is 1.42. The number of rotatable bonds is 6. The summed E-state index contributed by atoms with van der Waals surface area (Å²) in [5, 5.41) is 6.63. The molecule has 0 aromatic heterocycles. The number of carbonyl (C=O) groups is 4. The summed E-state index contributed by atoms with van der Waals surface area (Å²) in [4.78, 5) is 52.3. The number of hydrogen-bond donors (Lipinski definition) is 2. The molecule has 2 aromatic rings. The molecule has 2 aliphatic rings. The summed E-state index contributed by atoms with van der Waals surface area (Å²) in [6, 6.07) is 14.4. The molecule has 2 N–H and O–H groups in total. The molecule has 30 heavy (non-hydrogen) atoms. The molecule has 150 valence electrons. The highest BCUT2D eigenvalue weighted by Gasteiger charge is 2.26. The van der Waals surface area contributed by atoms with Crippen LogP contribution in [0, 0.1) is 0 Å². The zero-order chi connectivity index (χ0) is 21.1. The summed E-state index contributed by atoms with van der Waals surface area (Å²) < 4.78 is 0. The van der Waals surface area contributed by atoms with Crippen molar-refractivity contribution in [2.45, 2.75) is 19.3 Å². The van der Waals surface area contributed by atoms with Crippen LogP contribution in [0.2, 0.25) is 0 Å². The molecule has 0 unspecified atom stereocenters. The fourth-order valence-corrected chi connectivity index (χ4v) is 3.37. The van der Waals surface area contributed by atoms with E-state index in [0.717, 1.165) is 5.56 Å². The van der Waals surface area contributed by atoms with Crippen LogP contribution in [0.25, 0.3) is 0 Å². The molecular weight excluding hydrogens is 384 g/mol. The topological polar surface area (TPSA) is 117 Å². The Morgan fingerprint density at radius 2 is 1.67 bits per heavy atom. The van der Waals surface area contributed by atoms with Gasteiger partial charge in [-0.25, -0.2) is 5.43 Å². The number of carbonyl (C=O) groups excluding carboxylic acids is 4. The van der Waals surface area contributed by atoms with Crippen LogP contribution in [-0.4, -0.2) is 41.3 Å². The average Bonchev–Trinajstić information content (AvgIpc) is 3.24. The number of Topliss-reactive ketones (excluding diaryl/α,β-unsaturated/α-hetero) is 2. The number of para-hydroxylation sites is 1. The standard InChI is InChI=1S/C22H18N4O4/c27-14(12-23-21-16-7-3-4-8-17(16)24-22(21)30)9-10-19(29)25-26-20-15-6-2-1-5-13(15)11-18(20)28/h1-8H,9-12H2,(H,25,29)(H,23,24,30)/b26-20+. The number of anilines is 1. The zero-order valence-electron chi connectivity index (χ0n) is 16.0. The first kappa shape index (κ1) is 19.4. The maximum absolute atomic E-state index is 12.1. The smallest absolute Gasteiger partial charge is 0.274 e. The van der Waals surface area contributed by atoms with Gasteiger partial charge in [-0.05, 0) is 11.6 Å². The Hall–Kier alpha value is -3.94. The normalized spacial score (nSPS) is 17.1. The van der Waals surface area contributed by atoms with Crippen molar-refractivity contribution >= 4 is 40.5 Å². The van der Waals surface area contributed by atoms with Gasteiger partial charge in [-0.2, -0.15) is 5.10 Å². The summed E-state index contributed by atoms with van der Waals surface area (Å²) in [5.41, 5.74) is 5.70. The number of hydrogen-bond acceptors (Lipinski definition) is 6. The van der Waals surface area contributed by atoms with Gasteiger partial charge in [-0.3, -0.25) is 24.2 Å². The number of nitrogens with zero attached hydrogens (tertiary/aromatic N) is 2. The molecule has 0 bridgehead atoms. The van der Waals surface area contributed by atoms with E-state index < -0.39 is 5.91 Å². The van der Waals surface area contributed by atoms with Crippen LogP contribution in [-0.2, 0) is 25.6 Å². The highest BCUT2D eigenvalue weighted by Crippen LogP contribution is 2.22. The Morgan fingerprint density at radius 1 is 0.933 bits per heavy atom. The van der Waals surface area contributed by atoms with E-state index in [9.17, 15) is 19.2 Å². The van der Waals surface area contributed by atoms with Crippen LogP contribution in [0.3, 0.4) is 0 Å². The van der Waals surface area contributed by atoms with E-state index >= 15 is 0 Å². The van der Waals surface area contributed by atoms with Crippen LogP contribution >= 0.6 is 0 Å². The Morgan fingerprint density at radius 3 is 2.50 bits per heavy atom. The molecular formula is C22H18N4O4. The van der Waals surface area contributed by atoms with E-state index in [2.05, 4.69) is 20.8 Å². The first-order chi connectivity index (χ1) is 14.5. The third-order valence-electron chi connectivity index (χ3n) is 4.87. The van der Waals surface area contributed by atoms with Crippen molar-refractivity contribution in [3.63, 3.8) is 0 Å². The van der Waals surface area contributed by atoms with Crippen molar-refractivity contribution in [2.75, 3.05) is 11.9 Å². The highest BCUT2D eigenvalue weighted by atomic mass is 16.2.